The highest BCUT2D eigenvalue weighted by atomic mass is 16.3. The highest BCUT2D eigenvalue weighted by Crippen LogP contribution is 2.24. The van der Waals surface area contributed by atoms with E-state index in [4.69, 9.17) is 10.3 Å². The number of aliphatic hydroxyl groups is 1. The molecule has 0 saturated heterocycles. The van der Waals surface area contributed by atoms with E-state index >= 15 is 0 Å². The van der Waals surface area contributed by atoms with E-state index in [1.54, 1.807) is 6.07 Å². The van der Waals surface area contributed by atoms with Crippen LogP contribution in [-0.4, -0.2) is 35.1 Å². The minimum absolute atomic E-state index is 0.137. The zero-order valence-corrected chi connectivity index (χ0v) is 11.1. The molecule has 0 radical (unpaired) electrons. The van der Waals surface area contributed by atoms with Crippen LogP contribution in [-0.2, 0) is 6.54 Å². The summed E-state index contributed by atoms with van der Waals surface area (Å²) in [5.41, 5.74) is 2.85. The molecule has 1 fully saturated rings. The van der Waals surface area contributed by atoms with Crippen molar-refractivity contribution in [2.24, 2.45) is 5.84 Å². The maximum atomic E-state index is 11.5. The van der Waals surface area contributed by atoms with Crippen molar-refractivity contribution in [3.05, 3.63) is 23.7 Å². The second-order valence-electron chi connectivity index (χ2n) is 5.08. The molecule has 0 aliphatic heterocycles. The summed E-state index contributed by atoms with van der Waals surface area (Å²) in [5.74, 6) is 4.92. The lowest BCUT2D eigenvalue weighted by atomic mass is 9.91. The first kappa shape index (κ1) is 14.0. The van der Waals surface area contributed by atoms with E-state index in [0.717, 1.165) is 31.2 Å². The number of likely N-dealkylation sites (N-methyl/N-ethyl adjacent to an activating group) is 1. The molecule has 0 bridgehead atoms. The van der Waals surface area contributed by atoms with Gasteiger partial charge < -0.3 is 9.52 Å². The van der Waals surface area contributed by atoms with Crippen molar-refractivity contribution < 1.29 is 14.3 Å². The van der Waals surface area contributed by atoms with Crippen molar-refractivity contribution in [3.63, 3.8) is 0 Å². The summed E-state index contributed by atoms with van der Waals surface area (Å²) in [6.07, 6.45) is 5.22. The van der Waals surface area contributed by atoms with Gasteiger partial charge in [0.15, 0.2) is 5.76 Å². The number of carbonyl (C=O) groups is 1. The summed E-state index contributed by atoms with van der Waals surface area (Å²) in [6.45, 7) is 0.557. The molecule has 2 atom stereocenters. The molecular weight excluding hydrogens is 246 g/mol. The number of nitrogens with two attached hydrogens (primary N) is 1. The Hall–Kier alpha value is -1.37. The molecule has 4 N–H and O–H groups in total. The van der Waals surface area contributed by atoms with E-state index in [1.807, 2.05) is 7.05 Å². The summed E-state index contributed by atoms with van der Waals surface area (Å²) in [6, 6.07) is 1.90. The van der Waals surface area contributed by atoms with Crippen molar-refractivity contribution >= 4 is 5.91 Å². The van der Waals surface area contributed by atoms with Gasteiger partial charge in [-0.15, -0.1) is 0 Å². The molecule has 6 nitrogen and oxygen atoms in total. The first-order valence-electron chi connectivity index (χ1n) is 6.59. The Labute approximate surface area is 112 Å². The van der Waals surface area contributed by atoms with Crippen LogP contribution in [0.25, 0.3) is 0 Å². The predicted octanol–water partition coefficient (Wildman–Crippen LogP) is 0.618. The fraction of sp³-hybridized carbons (Fsp3) is 0.615. The second kappa shape index (κ2) is 6.18. The third-order valence-electron chi connectivity index (χ3n) is 3.76. The van der Waals surface area contributed by atoms with Gasteiger partial charge >= 0.3 is 5.91 Å². The number of hydrogen-bond donors (Lipinski definition) is 3. The lowest BCUT2D eigenvalue weighted by molar-refractivity contribution is 0.0286. The highest BCUT2D eigenvalue weighted by molar-refractivity contribution is 5.92. The van der Waals surface area contributed by atoms with Crippen LogP contribution in [0.2, 0.25) is 0 Å². The Morgan fingerprint density at radius 1 is 1.58 bits per heavy atom. The molecule has 0 aromatic carbocycles. The number of nitrogens with one attached hydrogen (secondary N) is 1. The topological polar surface area (TPSA) is 91.7 Å². The summed E-state index contributed by atoms with van der Waals surface area (Å²) in [4.78, 5) is 13.6. The molecule has 2 unspecified atom stereocenters. The minimum atomic E-state index is -0.433. The maximum Gasteiger partial charge on any atom is 0.301 e. The fourth-order valence-electron chi connectivity index (χ4n) is 2.72. The standard InChI is InChI=1S/C13H21N3O3/c1-16(10-4-2-3-5-11(10)17)8-9-6-7-19-12(9)13(18)15-14/h6-7,10-11,17H,2-5,8,14H2,1H3,(H,15,18). The zero-order valence-electron chi connectivity index (χ0n) is 11.1. The first-order chi connectivity index (χ1) is 9.13. The molecule has 0 spiro atoms. The number of rotatable bonds is 4. The normalized spacial score (nSPS) is 23.6. The third kappa shape index (κ3) is 3.15. The van der Waals surface area contributed by atoms with E-state index < -0.39 is 5.91 Å². The lowest BCUT2D eigenvalue weighted by Gasteiger charge is -2.35. The number of nitrogen functional groups attached to an aromatic ring is 1. The van der Waals surface area contributed by atoms with Gasteiger partial charge in [-0.25, -0.2) is 5.84 Å². The molecule has 106 valence electrons. The number of aliphatic hydroxyl groups excluding tert-OH is 1. The number of hydrogen-bond acceptors (Lipinski definition) is 5. The van der Waals surface area contributed by atoms with Crippen molar-refractivity contribution in [2.75, 3.05) is 7.05 Å². The summed E-state index contributed by atoms with van der Waals surface area (Å²) in [5, 5.41) is 10.0. The van der Waals surface area contributed by atoms with Gasteiger partial charge in [0.1, 0.15) is 0 Å². The molecule has 2 rings (SSSR count). The van der Waals surface area contributed by atoms with Crippen LogP contribution < -0.4 is 11.3 Å². The van der Waals surface area contributed by atoms with Gasteiger partial charge in [-0.05, 0) is 26.0 Å². The summed E-state index contributed by atoms with van der Waals surface area (Å²) >= 11 is 0. The SMILES string of the molecule is CN(Cc1ccoc1C(=O)NN)C1CCCCC1O. The molecule has 1 aliphatic rings. The maximum absolute atomic E-state index is 11.5. The van der Waals surface area contributed by atoms with Gasteiger partial charge in [-0.3, -0.25) is 15.1 Å². The van der Waals surface area contributed by atoms with Crippen molar-refractivity contribution in [3.8, 4) is 0 Å². The lowest BCUT2D eigenvalue weighted by Crippen LogP contribution is -2.43. The molecule has 1 aromatic rings. The fourth-order valence-corrected chi connectivity index (χ4v) is 2.72. The number of hydrazine groups is 1. The monoisotopic (exact) mass is 267 g/mol. The van der Waals surface area contributed by atoms with Gasteiger partial charge in [0.2, 0.25) is 0 Å². The van der Waals surface area contributed by atoms with Gasteiger partial charge in [0.05, 0.1) is 12.4 Å². The van der Waals surface area contributed by atoms with Gasteiger partial charge in [-0.1, -0.05) is 12.8 Å². The Morgan fingerprint density at radius 2 is 2.32 bits per heavy atom. The smallest absolute Gasteiger partial charge is 0.301 e. The van der Waals surface area contributed by atoms with Gasteiger partial charge in [-0.2, -0.15) is 0 Å². The Kier molecular flexibility index (Phi) is 4.57. The predicted molar refractivity (Wildman–Crippen MR) is 70.1 cm³/mol. The molecule has 1 aromatic heterocycles. The molecule has 1 amide bonds. The quantitative estimate of drug-likeness (QED) is 0.422. The third-order valence-corrected chi connectivity index (χ3v) is 3.76. The molecule has 1 heterocycles. The Bertz CT molecular complexity index is 433. The minimum Gasteiger partial charge on any atom is -0.459 e. The molecular formula is C13H21N3O3. The average Bonchev–Trinajstić information content (AvgIpc) is 2.86. The largest absolute Gasteiger partial charge is 0.459 e. The van der Waals surface area contributed by atoms with Crippen LogP contribution in [0, 0.1) is 0 Å². The van der Waals surface area contributed by atoms with Crippen LogP contribution >= 0.6 is 0 Å². The highest BCUT2D eigenvalue weighted by Gasteiger charge is 2.27. The van der Waals surface area contributed by atoms with Gasteiger partial charge in [0.25, 0.3) is 0 Å². The molecule has 1 saturated carbocycles. The first-order valence-corrected chi connectivity index (χ1v) is 6.59. The van der Waals surface area contributed by atoms with Crippen molar-refractivity contribution in [1.29, 1.82) is 0 Å². The number of nitrogens with zero attached hydrogens (tertiary/aromatic N) is 1. The molecule has 6 heteroatoms. The summed E-state index contributed by atoms with van der Waals surface area (Å²) < 4.78 is 5.15. The Morgan fingerprint density at radius 3 is 3.00 bits per heavy atom. The average molecular weight is 267 g/mol. The number of carbonyl (C=O) groups excluding carboxylic acids is 1. The Balaban J connectivity index is 2.04. The van der Waals surface area contributed by atoms with E-state index in [1.165, 1.54) is 6.26 Å². The van der Waals surface area contributed by atoms with E-state index in [0.29, 0.717) is 6.54 Å². The molecule has 1 aliphatic carbocycles. The van der Waals surface area contributed by atoms with Crippen molar-refractivity contribution in [1.82, 2.24) is 10.3 Å². The molecule has 19 heavy (non-hydrogen) atoms. The van der Waals surface area contributed by atoms with E-state index in [9.17, 15) is 9.90 Å². The van der Waals surface area contributed by atoms with Crippen LogP contribution in [0.5, 0.6) is 0 Å². The van der Waals surface area contributed by atoms with Crippen LogP contribution in [0.3, 0.4) is 0 Å². The van der Waals surface area contributed by atoms with Crippen LogP contribution in [0.1, 0.15) is 41.8 Å². The van der Waals surface area contributed by atoms with Crippen molar-refractivity contribution in [2.45, 2.75) is 44.4 Å². The van der Waals surface area contributed by atoms with Crippen LogP contribution in [0.4, 0.5) is 0 Å². The summed E-state index contributed by atoms with van der Waals surface area (Å²) in [7, 11) is 1.95. The van der Waals surface area contributed by atoms with E-state index in [-0.39, 0.29) is 17.9 Å². The number of amides is 1. The van der Waals surface area contributed by atoms with Crippen LogP contribution in [0.15, 0.2) is 16.7 Å². The van der Waals surface area contributed by atoms with E-state index in [2.05, 4.69) is 10.3 Å². The number of furan rings is 1. The zero-order chi connectivity index (χ0) is 13.8. The van der Waals surface area contributed by atoms with Gasteiger partial charge in [0, 0.05) is 18.2 Å². The second-order valence-corrected chi connectivity index (χ2v) is 5.08.